The van der Waals surface area contributed by atoms with Crippen molar-refractivity contribution in [1.82, 2.24) is 4.98 Å². The Morgan fingerprint density at radius 3 is 2.41 bits per heavy atom. The van der Waals surface area contributed by atoms with Gasteiger partial charge in [-0.2, -0.15) is 0 Å². The molecule has 22 heavy (non-hydrogen) atoms. The molecule has 0 radical (unpaired) electrons. The third-order valence-corrected chi connectivity index (χ3v) is 4.29. The van der Waals surface area contributed by atoms with Gasteiger partial charge in [-0.15, -0.1) is 0 Å². The zero-order valence-corrected chi connectivity index (χ0v) is 12.0. The van der Waals surface area contributed by atoms with Crippen molar-refractivity contribution in [2.75, 3.05) is 5.73 Å². The molecule has 5 heteroatoms. The molecule has 0 amide bonds. The number of nitrogen functional groups attached to an aromatic ring is 1. The Bertz CT molecular complexity index is 675. The second-order valence-electron chi connectivity index (χ2n) is 5.77. The molecular formula is C17H17F3N2. The normalized spacial score (nSPS) is 18.3. The molecule has 0 bridgehead atoms. The minimum absolute atomic E-state index is 0.0913. The highest BCUT2D eigenvalue weighted by molar-refractivity contribution is 5.78. The SMILES string of the molecule is Nc1c(-c2ccccc2F)ccnc1C1CCC(F)(F)CC1. The molecule has 116 valence electrons. The summed E-state index contributed by atoms with van der Waals surface area (Å²) in [4.78, 5) is 4.27. The topological polar surface area (TPSA) is 38.9 Å². The maximum atomic E-state index is 14.0. The summed E-state index contributed by atoms with van der Waals surface area (Å²) in [5.41, 5.74) is 8.14. The van der Waals surface area contributed by atoms with E-state index in [0.717, 1.165) is 0 Å². The van der Waals surface area contributed by atoms with E-state index in [4.69, 9.17) is 5.73 Å². The Morgan fingerprint density at radius 1 is 1.05 bits per heavy atom. The van der Waals surface area contributed by atoms with Crippen LogP contribution in [0.25, 0.3) is 11.1 Å². The van der Waals surface area contributed by atoms with Crippen molar-refractivity contribution in [1.29, 1.82) is 0 Å². The lowest BCUT2D eigenvalue weighted by molar-refractivity contribution is -0.0384. The van der Waals surface area contributed by atoms with Crippen molar-refractivity contribution < 1.29 is 13.2 Å². The van der Waals surface area contributed by atoms with Crippen molar-refractivity contribution in [2.24, 2.45) is 0 Å². The highest BCUT2D eigenvalue weighted by Crippen LogP contribution is 2.43. The fraction of sp³-hybridized carbons (Fsp3) is 0.353. The summed E-state index contributed by atoms with van der Waals surface area (Å²) >= 11 is 0. The molecule has 1 saturated carbocycles. The fourth-order valence-electron chi connectivity index (χ4n) is 3.04. The molecule has 0 atom stereocenters. The molecule has 3 rings (SSSR count). The zero-order valence-electron chi connectivity index (χ0n) is 12.0. The van der Waals surface area contributed by atoms with Crippen molar-refractivity contribution in [3.8, 4) is 11.1 Å². The first-order chi connectivity index (χ1) is 10.5. The Kier molecular flexibility index (Phi) is 3.81. The highest BCUT2D eigenvalue weighted by Gasteiger charge is 2.36. The Morgan fingerprint density at radius 2 is 1.73 bits per heavy atom. The van der Waals surface area contributed by atoms with Gasteiger partial charge in [0, 0.05) is 36.1 Å². The van der Waals surface area contributed by atoms with Crippen LogP contribution in [0, 0.1) is 5.82 Å². The number of hydrogen-bond donors (Lipinski definition) is 1. The second-order valence-corrected chi connectivity index (χ2v) is 5.77. The number of benzene rings is 1. The van der Waals surface area contributed by atoms with E-state index in [0.29, 0.717) is 35.3 Å². The smallest absolute Gasteiger partial charge is 0.248 e. The summed E-state index contributed by atoms with van der Waals surface area (Å²) in [7, 11) is 0. The maximum Gasteiger partial charge on any atom is 0.248 e. The predicted molar refractivity (Wildman–Crippen MR) is 80.2 cm³/mol. The quantitative estimate of drug-likeness (QED) is 0.868. The summed E-state index contributed by atoms with van der Waals surface area (Å²) in [5.74, 6) is -3.04. The monoisotopic (exact) mass is 306 g/mol. The molecule has 2 N–H and O–H groups in total. The Balaban J connectivity index is 1.95. The zero-order chi connectivity index (χ0) is 15.7. The molecule has 0 spiro atoms. The van der Waals surface area contributed by atoms with E-state index in [9.17, 15) is 13.2 Å². The molecule has 0 unspecified atom stereocenters. The number of rotatable bonds is 2. The standard InChI is InChI=1S/C17H17F3N2/c18-14-4-2-1-3-12(14)13-7-10-22-16(15(13)21)11-5-8-17(19,20)9-6-11/h1-4,7,10-11H,5-6,8-9,21H2. The second kappa shape index (κ2) is 5.63. The van der Waals surface area contributed by atoms with Gasteiger partial charge in [0.2, 0.25) is 5.92 Å². The maximum absolute atomic E-state index is 14.0. The number of anilines is 1. The Hall–Kier alpha value is -2.04. The van der Waals surface area contributed by atoms with E-state index in [1.165, 1.54) is 6.07 Å². The van der Waals surface area contributed by atoms with Gasteiger partial charge in [0.1, 0.15) is 5.82 Å². The molecular weight excluding hydrogens is 289 g/mol. The average molecular weight is 306 g/mol. The van der Waals surface area contributed by atoms with E-state index >= 15 is 0 Å². The van der Waals surface area contributed by atoms with Crippen LogP contribution >= 0.6 is 0 Å². The first kappa shape index (κ1) is 14.9. The van der Waals surface area contributed by atoms with E-state index in [1.807, 2.05) is 0 Å². The van der Waals surface area contributed by atoms with Crippen LogP contribution in [0.5, 0.6) is 0 Å². The third kappa shape index (κ3) is 2.80. The van der Waals surface area contributed by atoms with Gasteiger partial charge in [-0.05, 0) is 25.0 Å². The van der Waals surface area contributed by atoms with Crippen LogP contribution in [-0.4, -0.2) is 10.9 Å². The Labute approximate surface area is 127 Å². The first-order valence-corrected chi connectivity index (χ1v) is 7.35. The number of nitrogens with zero attached hydrogens (tertiary/aromatic N) is 1. The van der Waals surface area contributed by atoms with Crippen molar-refractivity contribution >= 4 is 5.69 Å². The third-order valence-electron chi connectivity index (χ3n) is 4.29. The molecule has 2 aromatic rings. The van der Waals surface area contributed by atoms with E-state index in [1.54, 1.807) is 30.5 Å². The van der Waals surface area contributed by atoms with Crippen molar-refractivity contribution in [3.05, 3.63) is 48.0 Å². The lowest BCUT2D eigenvalue weighted by Crippen LogP contribution is -2.24. The van der Waals surface area contributed by atoms with Crippen LogP contribution in [-0.2, 0) is 0 Å². The molecule has 1 aromatic heterocycles. The number of alkyl halides is 2. The van der Waals surface area contributed by atoms with Crippen LogP contribution in [0.3, 0.4) is 0 Å². The minimum atomic E-state index is -2.59. The number of halogens is 3. The number of aromatic nitrogens is 1. The lowest BCUT2D eigenvalue weighted by Gasteiger charge is -2.28. The molecule has 2 nitrogen and oxygen atoms in total. The van der Waals surface area contributed by atoms with E-state index in [2.05, 4.69) is 4.98 Å². The van der Waals surface area contributed by atoms with Crippen molar-refractivity contribution in [3.63, 3.8) is 0 Å². The van der Waals surface area contributed by atoms with Gasteiger partial charge >= 0.3 is 0 Å². The molecule has 1 aromatic carbocycles. The van der Waals surface area contributed by atoms with Crippen LogP contribution in [0.2, 0.25) is 0 Å². The lowest BCUT2D eigenvalue weighted by atomic mass is 9.83. The van der Waals surface area contributed by atoms with Crippen LogP contribution in [0.4, 0.5) is 18.9 Å². The van der Waals surface area contributed by atoms with Gasteiger partial charge in [-0.25, -0.2) is 13.2 Å². The number of pyridine rings is 1. The van der Waals surface area contributed by atoms with Gasteiger partial charge in [-0.3, -0.25) is 4.98 Å². The fourth-order valence-corrected chi connectivity index (χ4v) is 3.04. The number of nitrogens with two attached hydrogens (primary N) is 1. The van der Waals surface area contributed by atoms with Gasteiger partial charge in [0.25, 0.3) is 0 Å². The summed E-state index contributed by atoms with van der Waals surface area (Å²) in [6.45, 7) is 0. The molecule has 1 heterocycles. The van der Waals surface area contributed by atoms with E-state index in [-0.39, 0.29) is 24.6 Å². The van der Waals surface area contributed by atoms with E-state index < -0.39 is 5.92 Å². The van der Waals surface area contributed by atoms with Gasteiger partial charge in [0.15, 0.2) is 0 Å². The summed E-state index contributed by atoms with van der Waals surface area (Å²) in [5, 5.41) is 0. The predicted octanol–water partition coefficient (Wildman–Crippen LogP) is 4.76. The minimum Gasteiger partial charge on any atom is -0.397 e. The molecule has 0 aliphatic heterocycles. The number of hydrogen-bond acceptors (Lipinski definition) is 2. The van der Waals surface area contributed by atoms with Crippen LogP contribution in [0.1, 0.15) is 37.3 Å². The van der Waals surface area contributed by atoms with Gasteiger partial charge in [0.05, 0.1) is 11.4 Å². The van der Waals surface area contributed by atoms with Gasteiger partial charge < -0.3 is 5.73 Å². The summed E-state index contributed by atoms with van der Waals surface area (Å²) in [6.07, 6.45) is 1.97. The molecule has 1 aliphatic carbocycles. The largest absolute Gasteiger partial charge is 0.397 e. The molecule has 1 aliphatic rings. The highest BCUT2D eigenvalue weighted by atomic mass is 19.3. The van der Waals surface area contributed by atoms with Gasteiger partial charge in [-0.1, -0.05) is 18.2 Å². The average Bonchev–Trinajstić information content (AvgIpc) is 2.49. The molecule has 0 saturated heterocycles. The van der Waals surface area contributed by atoms with Crippen molar-refractivity contribution in [2.45, 2.75) is 37.5 Å². The van der Waals surface area contributed by atoms with Crippen LogP contribution in [0.15, 0.2) is 36.5 Å². The summed E-state index contributed by atoms with van der Waals surface area (Å²) in [6, 6.07) is 8.03. The first-order valence-electron chi connectivity index (χ1n) is 7.35. The molecule has 1 fully saturated rings. The summed E-state index contributed by atoms with van der Waals surface area (Å²) < 4.78 is 40.5. The van der Waals surface area contributed by atoms with Crippen LogP contribution < -0.4 is 5.73 Å².